The van der Waals surface area contributed by atoms with E-state index in [-0.39, 0.29) is 16.5 Å². The summed E-state index contributed by atoms with van der Waals surface area (Å²) in [5.41, 5.74) is 0.341. The van der Waals surface area contributed by atoms with E-state index >= 15 is 0 Å². The van der Waals surface area contributed by atoms with Gasteiger partial charge in [0.25, 0.3) is 11.5 Å². The van der Waals surface area contributed by atoms with Crippen LogP contribution in [0.4, 0.5) is 5.82 Å². The Bertz CT molecular complexity index is 874. The summed E-state index contributed by atoms with van der Waals surface area (Å²) < 4.78 is 1.41. The van der Waals surface area contributed by atoms with Gasteiger partial charge in [0.15, 0.2) is 11.0 Å². The van der Waals surface area contributed by atoms with Gasteiger partial charge in [0.05, 0.1) is 0 Å². The normalized spacial score (nSPS) is 10.5. The minimum absolute atomic E-state index is 0.0236. The first-order valence-electron chi connectivity index (χ1n) is 6.06. The van der Waals surface area contributed by atoms with Gasteiger partial charge in [-0.3, -0.25) is 14.0 Å². The fourth-order valence-electron chi connectivity index (χ4n) is 1.89. The smallest absolute Gasteiger partial charge is 0.267 e. The van der Waals surface area contributed by atoms with Crippen molar-refractivity contribution in [2.75, 3.05) is 5.32 Å². The lowest BCUT2D eigenvalue weighted by molar-refractivity contribution is 0.102. The highest BCUT2D eigenvalue weighted by Gasteiger charge is 2.13. The predicted molar refractivity (Wildman–Crippen MR) is 78.7 cm³/mol. The van der Waals surface area contributed by atoms with Crippen LogP contribution >= 0.6 is 11.6 Å². The van der Waals surface area contributed by atoms with Crippen molar-refractivity contribution in [3.63, 3.8) is 0 Å². The van der Waals surface area contributed by atoms with Gasteiger partial charge in [-0.1, -0.05) is 17.7 Å². The molecule has 6 nitrogen and oxygen atoms in total. The number of rotatable bonds is 2. The standard InChI is InChI=1S/C14H9ClN4O2/c15-11-6-7-12(18-17-11)16-13(20)10-5-4-9-3-1-2-8-19(9)14(10)21/h1-8H,(H,16,18,20). The van der Waals surface area contributed by atoms with Crippen molar-refractivity contribution in [1.29, 1.82) is 0 Å². The summed E-state index contributed by atoms with van der Waals surface area (Å²) in [6.07, 6.45) is 1.61. The van der Waals surface area contributed by atoms with Crippen LogP contribution in [0.15, 0.2) is 53.5 Å². The molecular formula is C14H9ClN4O2. The molecule has 0 bridgehead atoms. The third-order valence-corrected chi connectivity index (χ3v) is 3.08. The maximum Gasteiger partial charge on any atom is 0.267 e. The third-order valence-electron chi connectivity index (χ3n) is 2.88. The van der Waals surface area contributed by atoms with Gasteiger partial charge >= 0.3 is 0 Å². The van der Waals surface area contributed by atoms with Gasteiger partial charge in [0.2, 0.25) is 0 Å². The van der Waals surface area contributed by atoms with E-state index in [9.17, 15) is 9.59 Å². The number of nitrogens with zero attached hydrogens (tertiary/aromatic N) is 3. The van der Waals surface area contributed by atoms with Gasteiger partial charge in [0, 0.05) is 11.7 Å². The summed E-state index contributed by atoms with van der Waals surface area (Å²) in [5, 5.41) is 10.1. The Morgan fingerprint density at radius 1 is 1.10 bits per heavy atom. The van der Waals surface area contributed by atoms with Crippen molar-refractivity contribution in [2.24, 2.45) is 0 Å². The van der Waals surface area contributed by atoms with Gasteiger partial charge in [-0.15, -0.1) is 10.2 Å². The molecule has 104 valence electrons. The van der Waals surface area contributed by atoms with Crippen LogP contribution in [-0.2, 0) is 0 Å². The molecule has 7 heteroatoms. The number of pyridine rings is 2. The molecule has 0 radical (unpaired) electrons. The highest BCUT2D eigenvalue weighted by atomic mass is 35.5. The summed E-state index contributed by atoms with van der Waals surface area (Å²) in [7, 11) is 0. The van der Waals surface area contributed by atoms with Crippen LogP contribution in [-0.4, -0.2) is 20.5 Å². The molecule has 1 N–H and O–H groups in total. The van der Waals surface area contributed by atoms with Crippen LogP contribution in [0.1, 0.15) is 10.4 Å². The maximum atomic E-state index is 12.3. The Kier molecular flexibility index (Phi) is 3.37. The number of carbonyl (C=O) groups excluding carboxylic acids is 1. The molecule has 0 atom stereocenters. The Morgan fingerprint density at radius 2 is 1.95 bits per heavy atom. The van der Waals surface area contributed by atoms with E-state index in [4.69, 9.17) is 11.6 Å². The van der Waals surface area contributed by atoms with E-state index in [1.54, 1.807) is 24.4 Å². The number of amides is 1. The Balaban J connectivity index is 1.96. The van der Waals surface area contributed by atoms with Gasteiger partial charge < -0.3 is 5.32 Å². The fraction of sp³-hybridized carbons (Fsp3) is 0. The van der Waals surface area contributed by atoms with Gasteiger partial charge in [-0.25, -0.2) is 0 Å². The monoisotopic (exact) mass is 300 g/mol. The van der Waals surface area contributed by atoms with Crippen LogP contribution < -0.4 is 10.9 Å². The second-order valence-electron chi connectivity index (χ2n) is 4.24. The van der Waals surface area contributed by atoms with E-state index < -0.39 is 11.5 Å². The zero-order valence-electron chi connectivity index (χ0n) is 10.7. The van der Waals surface area contributed by atoms with Crippen LogP contribution in [0.25, 0.3) is 5.52 Å². The summed E-state index contributed by atoms with van der Waals surface area (Å²) in [4.78, 5) is 24.4. The lowest BCUT2D eigenvalue weighted by atomic mass is 10.2. The molecular weight excluding hydrogens is 292 g/mol. The molecule has 3 aromatic rings. The van der Waals surface area contributed by atoms with E-state index in [2.05, 4.69) is 15.5 Å². The van der Waals surface area contributed by atoms with Gasteiger partial charge in [0.1, 0.15) is 5.56 Å². The number of nitrogens with one attached hydrogen (secondary N) is 1. The van der Waals surface area contributed by atoms with Crippen molar-refractivity contribution >= 4 is 28.8 Å². The van der Waals surface area contributed by atoms with Crippen molar-refractivity contribution in [2.45, 2.75) is 0 Å². The zero-order valence-corrected chi connectivity index (χ0v) is 11.4. The minimum atomic E-state index is -0.546. The van der Waals surface area contributed by atoms with Crippen molar-refractivity contribution in [1.82, 2.24) is 14.6 Å². The van der Waals surface area contributed by atoms with Gasteiger partial charge in [-0.2, -0.15) is 0 Å². The number of hydrogen-bond acceptors (Lipinski definition) is 4. The molecule has 0 saturated carbocycles. The van der Waals surface area contributed by atoms with Crippen LogP contribution in [0, 0.1) is 0 Å². The van der Waals surface area contributed by atoms with Crippen molar-refractivity contribution in [3.05, 3.63) is 69.7 Å². The lowest BCUT2D eigenvalue weighted by Crippen LogP contribution is -2.26. The van der Waals surface area contributed by atoms with Crippen LogP contribution in [0.2, 0.25) is 5.15 Å². The average molecular weight is 301 g/mol. The molecule has 21 heavy (non-hydrogen) atoms. The Morgan fingerprint density at radius 3 is 2.71 bits per heavy atom. The Hall–Kier alpha value is -2.73. The number of hydrogen-bond donors (Lipinski definition) is 1. The largest absolute Gasteiger partial charge is 0.305 e. The molecule has 0 unspecified atom stereocenters. The molecule has 3 aromatic heterocycles. The minimum Gasteiger partial charge on any atom is -0.305 e. The number of aromatic nitrogens is 3. The van der Waals surface area contributed by atoms with E-state index in [1.165, 1.54) is 22.6 Å². The number of anilines is 1. The molecule has 3 rings (SSSR count). The molecule has 0 aliphatic carbocycles. The van der Waals surface area contributed by atoms with Crippen LogP contribution in [0.3, 0.4) is 0 Å². The molecule has 0 aliphatic heterocycles. The first-order chi connectivity index (χ1) is 10.1. The highest BCUT2D eigenvalue weighted by molar-refractivity contribution is 6.29. The predicted octanol–water partition coefficient (Wildman–Crippen LogP) is 2.00. The van der Waals surface area contributed by atoms with E-state index in [0.29, 0.717) is 5.52 Å². The SMILES string of the molecule is O=C(Nc1ccc(Cl)nn1)c1ccc2ccccn2c1=O. The fourth-order valence-corrected chi connectivity index (χ4v) is 1.99. The van der Waals surface area contributed by atoms with Crippen molar-refractivity contribution in [3.8, 4) is 0 Å². The molecule has 0 aliphatic rings. The molecule has 3 heterocycles. The first kappa shape index (κ1) is 13.3. The lowest BCUT2D eigenvalue weighted by Gasteiger charge is -2.05. The zero-order chi connectivity index (χ0) is 14.8. The molecule has 0 fully saturated rings. The van der Waals surface area contributed by atoms with E-state index in [1.807, 2.05) is 6.07 Å². The summed E-state index contributed by atoms with van der Waals surface area (Å²) in [5.74, 6) is -0.322. The summed E-state index contributed by atoms with van der Waals surface area (Å²) >= 11 is 5.62. The summed E-state index contributed by atoms with van der Waals surface area (Å²) in [6.45, 7) is 0. The maximum absolute atomic E-state index is 12.3. The topological polar surface area (TPSA) is 76.4 Å². The quantitative estimate of drug-likeness (QED) is 0.785. The number of halogens is 1. The Labute approximate surface area is 124 Å². The van der Waals surface area contributed by atoms with Crippen LogP contribution in [0.5, 0.6) is 0 Å². The molecule has 0 spiro atoms. The molecule has 0 aromatic carbocycles. The average Bonchev–Trinajstić information content (AvgIpc) is 2.50. The third kappa shape index (κ3) is 2.61. The second kappa shape index (κ2) is 5.34. The second-order valence-corrected chi connectivity index (χ2v) is 4.63. The summed E-state index contributed by atoms with van der Waals surface area (Å²) in [6, 6.07) is 11.5. The first-order valence-corrected chi connectivity index (χ1v) is 6.44. The van der Waals surface area contributed by atoms with Crippen molar-refractivity contribution < 1.29 is 4.79 Å². The number of carbonyl (C=O) groups is 1. The number of fused-ring (bicyclic) bond motifs is 1. The molecule has 0 saturated heterocycles. The van der Waals surface area contributed by atoms with E-state index in [0.717, 1.165) is 0 Å². The molecule has 1 amide bonds. The van der Waals surface area contributed by atoms with Gasteiger partial charge in [-0.05, 0) is 36.4 Å². The highest BCUT2D eigenvalue weighted by Crippen LogP contribution is 2.08.